The third-order valence-corrected chi connectivity index (χ3v) is 1.73. The first-order valence-electron chi connectivity index (χ1n) is 4.72. The largest absolute Gasteiger partial charge is 0.478 e. The molecule has 0 aliphatic carbocycles. The van der Waals surface area contributed by atoms with Gasteiger partial charge in [0, 0.05) is 17.7 Å². The monoisotopic (exact) mass is 234 g/mol. The second kappa shape index (κ2) is 5.51. The van der Waals surface area contributed by atoms with Crippen LogP contribution in [0.1, 0.15) is 22.8 Å². The van der Waals surface area contributed by atoms with Crippen LogP contribution in [-0.4, -0.2) is 28.6 Å². The first-order chi connectivity index (χ1) is 8.04. The first-order valence-corrected chi connectivity index (χ1v) is 4.72. The van der Waals surface area contributed by atoms with Gasteiger partial charge in [-0.25, -0.2) is 14.6 Å². The number of nitrogens with zero attached hydrogens (tertiary/aromatic N) is 1. The zero-order valence-electron chi connectivity index (χ0n) is 9.06. The highest BCUT2D eigenvalue weighted by Gasteiger charge is 2.09. The van der Waals surface area contributed by atoms with E-state index in [0.717, 1.165) is 0 Å². The van der Waals surface area contributed by atoms with Crippen LogP contribution in [0.2, 0.25) is 0 Å². The van der Waals surface area contributed by atoms with Crippen molar-refractivity contribution in [3.63, 3.8) is 0 Å². The average Bonchev–Trinajstić information content (AvgIpc) is 2.28. The number of rotatable bonds is 2. The van der Waals surface area contributed by atoms with Gasteiger partial charge in [0.15, 0.2) is 0 Å². The van der Waals surface area contributed by atoms with Gasteiger partial charge in [0.25, 0.3) is 0 Å². The van der Waals surface area contributed by atoms with Crippen LogP contribution < -0.4 is 5.73 Å². The Morgan fingerprint density at radius 1 is 1.59 bits per heavy atom. The quantitative estimate of drug-likeness (QED) is 0.562. The molecule has 0 aromatic carbocycles. The molecule has 1 aromatic heterocycles. The third-order valence-electron chi connectivity index (χ3n) is 1.73. The third kappa shape index (κ3) is 3.50. The van der Waals surface area contributed by atoms with Crippen LogP contribution in [0.3, 0.4) is 0 Å². The molecule has 1 rings (SSSR count). The van der Waals surface area contributed by atoms with Crippen molar-refractivity contribution in [3.8, 4) is 11.8 Å². The molecule has 88 valence electrons. The summed E-state index contributed by atoms with van der Waals surface area (Å²) in [6, 6.07) is 1.25. The molecule has 0 atom stereocenters. The van der Waals surface area contributed by atoms with Crippen LogP contribution in [0.25, 0.3) is 0 Å². The molecule has 1 heterocycles. The number of anilines is 1. The van der Waals surface area contributed by atoms with Crippen LogP contribution >= 0.6 is 0 Å². The molecule has 6 nitrogen and oxygen atoms in total. The lowest BCUT2D eigenvalue weighted by Crippen LogP contribution is -2.05. The number of esters is 1. The summed E-state index contributed by atoms with van der Waals surface area (Å²) in [6.07, 6.45) is 1.29. The molecule has 17 heavy (non-hydrogen) atoms. The van der Waals surface area contributed by atoms with Crippen LogP contribution in [0, 0.1) is 11.8 Å². The molecular formula is C11H10N2O4. The summed E-state index contributed by atoms with van der Waals surface area (Å²) in [5.41, 5.74) is 5.49. The highest BCUT2D eigenvalue weighted by atomic mass is 16.5. The molecule has 0 aliphatic heterocycles. The molecule has 1 aromatic rings. The number of aromatic nitrogens is 1. The molecule has 0 radical (unpaired) electrons. The number of carboxylic acids is 1. The Morgan fingerprint density at radius 2 is 2.29 bits per heavy atom. The van der Waals surface area contributed by atoms with Gasteiger partial charge in [0.1, 0.15) is 11.4 Å². The number of ether oxygens (including phenoxy) is 1. The van der Waals surface area contributed by atoms with Crippen molar-refractivity contribution in [2.45, 2.75) is 6.92 Å². The Hall–Kier alpha value is -2.55. The van der Waals surface area contributed by atoms with E-state index in [1.54, 1.807) is 6.92 Å². The molecule has 0 saturated heterocycles. The lowest BCUT2D eigenvalue weighted by molar-refractivity contribution is -0.136. The summed E-state index contributed by atoms with van der Waals surface area (Å²) in [7, 11) is 0. The number of pyridine rings is 1. The predicted octanol–water partition coefficient (Wildman–Crippen LogP) is 0.277. The van der Waals surface area contributed by atoms with Crippen LogP contribution in [0.5, 0.6) is 0 Å². The van der Waals surface area contributed by atoms with E-state index in [4.69, 9.17) is 10.8 Å². The fourth-order valence-corrected chi connectivity index (χ4v) is 1.01. The van der Waals surface area contributed by atoms with E-state index in [1.165, 1.54) is 12.3 Å². The minimum Gasteiger partial charge on any atom is -0.478 e. The Labute approximate surface area is 97.4 Å². The Bertz CT molecular complexity index is 514. The number of nitrogens with two attached hydrogens (primary N) is 1. The van der Waals surface area contributed by atoms with E-state index in [2.05, 4.69) is 21.6 Å². The van der Waals surface area contributed by atoms with E-state index >= 15 is 0 Å². The zero-order valence-corrected chi connectivity index (χ0v) is 9.06. The van der Waals surface area contributed by atoms with Gasteiger partial charge in [-0.3, -0.25) is 0 Å². The summed E-state index contributed by atoms with van der Waals surface area (Å²) in [5, 5.41) is 8.79. The van der Waals surface area contributed by atoms with E-state index in [1.807, 2.05) is 0 Å². The van der Waals surface area contributed by atoms with E-state index in [0.29, 0.717) is 0 Å². The van der Waals surface area contributed by atoms with Gasteiger partial charge in [-0.15, -0.1) is 0 Å². The van der Waals surface area contributed by atoms with Crippen molar-refractivity contribution < 1.29 is 19.4 Å². The van der Waals surface area contributed by atoms with Gasteiger partial charge < -0.3 is 15.6 Å². The number of carboxylic acid groups (broad SMARTS) is 1. The molecule has 6 heteroatoms. The van der Waals surface area contributed by atoms with Crippen molar-refractivity contribution in [1.82, 2.24) is 4.98 Å². The number of hydrogen-bond donors (Lipinski definition) is 2. The topological polar surface area (TPSA) is 103 Å². The second-order valence-corrected chi connectivity index (χ2v) is 2.93. The molecule has 0 unspecified atom stereocenters. The van der Waals surface area contributed by atoms with Gasteiger partial charge >= 0.3 is 11.9 Å². The van der Waals surface area contributed by atoms with Crippen LogP contribution in [-0.2, 0) is 9.53 Å². The van der Waals surface area contributed by atoms with Crippen LogP contribution in [0.15, 0.2) is 12.3 Å². The molecule has 3 N–H and O–H groups in total. The lowest BCUT2D eigenvalue weighted by atomic mass is 10.2. The SMILES string of the molecule is CCOC(=O)C#Cc1cnc(N)c(C(=O)O)c1. The summed E-state index contributed by atoms with van der Waals surface area (Å²) < 4.78 is 4.59. The minimum absolute atomic E-state index is 0.0980. The molecule has 0 amide bonds. The Balaban J connectivity index is 2.97. The van der Waals surface area contributed by atoms with Crippen molar-refractivity contribution in [3.05, 3.63) is 23.4 Å². The highest BCUT2D eigenvalue weighted by Crippen LogP contribution is 2.09. The maximum atomic E-state index is 10.9. The normalized spacial score (nSPS) is 9.00. The van der Waals surface area contributed by atoms with Gasteiger partial charge in [0.05, 0.1) is 6.61 Å². The molecule has 0 fully saturated rings. The van der Waals surface area contributed by atoms with Gasteiger partial charge in [-0.05, 0) is 13.0 Å². The first kappa shape index (κ1) is 12.5. The Morgan fingerprint density at radius 3 is 2.88 bits per heavy atom. The van der Waals surface area contributed by atoms with E-state index in [-0.39, 0.29) is 23.6 Å². The van der Waals surface area contributed by atoms with Crippen molar-refractivity contribution in [1.29, 1.82) is 0 Å². The summed E-state index contributed by atoms with van der Waals surface area (Å²) >= 11 is 0. The second-order valence-electron chi connectivity index (χ2n) is 2.93. The average molecular weight is 234 g/mol. The zero-order chi connectivity index (χ0) is 12.8. The van der Waals surface area contributed by atoms with Crippen LogP contribution in [0.4, 0.5) is 5.82 Å². The fourth-order valence-electron chi connectivity index (χ4n) is 1.01. The molecule has 0 aliphatic rings. The number of hydrogen-bond acceptors (Lipinski definition) is 5. The molecule has 0 bridgehead atoms. The summed E-state index contributed by atoms with van der Waals surface area (Å²) in [5.74, 6) is 2.67. The molecule has 0 saturated carbocycles. The maximum absolute atomic E-state index is 10.9. The maximum Gasteiger partial charge on any atom is 0.384 e. The van der Waals surface area contributed by atoms with Crippen molar-refractivity contribution >= 4 is 17.8 Å². The molecule has 0 spiro atoms. The number of nitrogen functional groups attached to an aromatic ring is 1. The van der Waals surface area contributed by atoms with E-state index in [9.17, 15) is 9.59 Å². The van der Waals surface area contributed by atoms with Gasteiger partial charge in [-0.1, -0.05) is 5.92 Å². The van der Waals surface area contributed by atoms with E-state index < -0.39 is 11.9 Å². The lowest BCUT2D eigenvalue weighted by Gasteiger charge is -1.99. The number of carbonyl (C=O) groups excluding carboxylic acids is 1. The van der Waals surface area contributed by atoms with Crippen molar-refractivity contribution in [2.75, 3.05) is 12.3 Å². The number of carbonyl (C=O) groups is 2. The van der Waals surface area contributed by atoms with Crippen molar-refractivity contribution in [2.24, 2.45) is 0 Å². The van der Waals surface area contributed by atoms with Gasteiger partial charge in [0.2, 0.25) is 0 Å². The standard InChI is InChI=1S/C11H10N2O4/c1-2-17-9(14)4-3-7-5-8(11(15)16)10(12)13-6-7/h5-6H,2H2,1H3,(H2,12,13)(H,15,16). The highest BCUT2D eigenvalue weighted by molar-refractivity contribution is 5.93. The smallest absolute Gasteiger partial charge is 0.384 e. The van der Waals surface area contributed by atoms with Gasteiger partial charge in [-0.2, -0.15) is 0 Å². The molecular weight excluding hydrogens is 224 g/mol. The summed E-state index contributed by atoms with van der Waals surface area (Å²) in [4.78, 5) is 25.4. The minimum atomic E-state index is -1.20. The fraction of sp³-hybridized carbons (Fsp3) is 0.182. The summed E-state index contributed by atoms with van der Waals surface area (Å²) in [6.45, 7) is 1.89. The predicted molar refractivity (Wildman–Crippen MR) is 59.1 cm³/mol. The Kier molecular flexibility index (Phi) is 4.06. The number of aromatic carboxylic acids is 1.